The zero-order valence-corrected chi connectivity index (χ0v) is 10.7. The Balaban J connectivity index is 2.81. The van der Waals surface area contributed by atoms with Crippen LogP contribution in [0.15, 0.2) is 0 Å². The van der Waals surface area contributed by atoms with Crippen LogP contribution in [0.25, 0.3) is 0 Å². The lowest BCUT2D eigenvalue weighted by atomic mass is 10.0. The van der Waals surface area contributed by atoms with Gasteiger partial charge in [-0.2, -0.15) is 0 Å². The first-order valence-electron chi connectivity index (χ1n) is 5.32. The number of aromatic nitrogens is 2. The highest BCUT2D eigenvalue weighted by Crippen LogP contribution is 2.12. The van der Waals surface area contributed by atoms with Crippen molar-refractivity contribution in [1.82, 2.24) is 14.9 Å². The maximum atomic E-state index is 11.9. The van der Waals surface area contributed by atoms with Crippen molar-refractivity contribution in [2.75, 3.05) is 0 Å². The van der Waals surface area contributed by atoms with Crippen molar-refractivity contribution < 1.29 is 14.7 Å². The van der Waals surface area contributed by atoms with Crippen molar-refractivity contribution in [2.24, 2.45) is 5.92 Å². The molecule has 0 spiro atoms. The summed E-state index contributed by atoms with van der Waals surface area (Å²) in [5, 5.41) is 15.3. The minimum absolute atomic E-state index is 0.178. The van der Waals surface area contributed by atoms with Crippen molar-refractivity contribution in [1.29, 1.82) is 0 Å². The number of aryl methyl sites for hydroxylation is 1. The standard InChI is InChI=1S/C10H15N3O3S/c1-4-6-8(17-13-12-6)9(14)11-7(5(2)3)10(15)16/h5,7H,4H2,1-3H3,(H,11,14)(H,15,16)/t7-/m0/s1. The molecular formula is C10H15N3O3S. The first-order chi connectivity index (χ1) is 7.97. The summed E-state index contributed by atoms with van der Waals surface area (Å²) in [6, 6.07) is -0.894. The van der Waals surface area contributed by atoms with Gasteiger partial charge in [0.05, 0.1) is 5.69 Å². The lowest BCUT2D eigenvalue weighted by Gasteiger charge is -2.17. The lowest BCUT2D eigenvalue weighted by Crippen LogP contribution is -2.44. The van der Waals surface area contributed by atoms with E-state index in [1.165, 1.54) is 0 Å². The third-order valence-corrected chi connectivity index (χ3v) is 3.08. The monoisotopic (exact) mass is 257 g/mol. The fraction of sp³-hybridized carbons (Fsp3) is 0.600. The lowest BCUT2D eigenvalue weighted by molar-refractivity contribution is -0.140. The Hall–Kier alpha value is -1.50. The second-order valence-corrected chi connectivity index (χ2v) is 4.69. The normalized spacial score (nSPS) is 12.5. The molecule has 1 aromatic rings. The summed E-state index contributed by atoms with van der Waals surface area (Å²) in [5.41, 5.74) is 0.598. The summed E-state index contributed by atoms with van der Waals surface area (Å²) < 4.78 is 3.69. The van der Waals surface area contributed by atoms with E-state index in [2.05, 4.69) is 14.9 Å². The van der Waals surface area contributed by atoms with Crippen molar-refractivity contribution >= 4 is 23.4 Å². The van der Waals surface area contributed by atoms with Gasteiger partial charge in [0.25, 0.3) is 5.91 Å². The van der Waals surface area contributed by atoms with Crippen LogP contribution in [0.2, 0.25) is 0 Å². The van der Waals surface area contributed by atoms with Gasteiger partial charge >= 0.3 is 5.97 Å². The van der Waals surface area contributed by atoms with Gasteiger partial charge in [0, 0.05) is 0 Å². The van der Waals surface area contributed by atoms with Crippen LogP contribution in [0.4, 0.5) is 0 Å². The predicted octanol–water partition coefficient (Wildman–Crippen LogP) is 0.939. The van der Waals surface area contributed by atoms with Gasteiger partial charge in [-0.15, -0.1) is 5.10 Å². The maximum Gasteiger partial charge on any atom is 0.326 e. The number of rotatable bonds is 5. The topological polar surface area (TPSA) is 92.2 Å². The van der Waals surface area contributed by atoms with Crippen molar-refractivity contribution in [3.05, 3.63) is 10.6 Å². The molecule has 1 rings (SSSR count). The van der Waals surface area contributed by atoms with Gasteiger partial charge < -0.3 is 10.4 Å². The fourth-order valence-electron chi connectivity index (χ4n) is 1.33. The minimum Gasteiger partial charge on any atom is -0.480 e. The van der Waals surface area contributed by atoms with Crippen molar-refractivity contribution in [3.63, 3.8) is 0 Å². The maximum absolute atomic E-state index is 11.9. The molecule has 0 aliphatic heterocycles. The molecule has 0 unspecified atom stereocenters. The number of nitrogens with zero attached hydrogens (tertiary/aromatic N) is 2. The van der Waals surface area contributed by atoms with E-state index in [1.54, 1.807) is 13.8 Å². The Bertz CT molecular complexity index is 417. The second kappa shape index (κ2) is 5.72. The van der Waals surface area contributed by atoms with Crippen LogP contribution in [0.1, 0.15) is 36.1 Å². The van der Waals surface area contributed by atoms with Crippen LogP contribution in [-0.4, -0.2) is 32.6 Å². The van der Waals surface area contributed by atoms with E-state index in [0.29, 0.717) is 17.0 Å². The third kappa shape index (κ3) is 3.23. The van der Waals surface area contributed by atoms with E-state index in [-0.39, 0.29) is 5.92 Å². The number of hydrogen-bond acceptors (Lipinski definition) is 5. The molecule has 6 nitrogen and oxygen atoms in total. The van der Waals surface area contributed by atoms with Gasteiger partial charge in [0.2, 0.25) is 0 Å². The number of aliphatic carboxylic acids is 1. The number of carbonyl (C=O) groups is 2. The number of carbonyl (C=O) groups excluding carboxylic acids is 1. The summed E-state index contributed by atoms with van der Waals surface area (Å²) >= 11 is 0.982. The fourth-order valence-corrected chi connectivity index (χ4v) is 1.99. The molecule has 0 aliphatic carbocycles. The summed E-state index contributed by atoms with van der Waals surface area (Å²) in [5.74, 6) is -1.63. The Labute approximate surface area is 103 Å². The summed E-state index contributed by atoms with van der Waals surface area (Å²) in [7, 11) is 0. The molecule has 94 valence electrons. The van der Waals surface area contributed by atoms with Gasteiger partial charge in [0.1, 0.15) is 10.9 Å². The average molecular weight is 257 g/mol. The smallest absolute Gasteiger partial charge is 0.326 e. The summed E-state index contributed by atoms with van der Waals surface area (Å²) in [6.07, 6.45) is 0.596. The largest absolute Gasteiger partial charge is 0.480 e. The SMILES string of the molecule is CCc1nnsc1C(=O)N[C@H](C(=O)O)C(C)C. The summed E-state index contributed by atoms with van der Waals surface area (Å²) in [4.78, 5) is 23.2. The highest BCUT2D eigenvalue weighted by atomic mass is 32.1. The number of carboxylic acid groups (broad SMARTS) is 1. The molecule has 0 saturated heterocycles. The van der Waals surface area contributed by atoms with E-state index >= 15 is 0 Å². The predicted molar refractivity (Wildman–Crippen MR) is 63.0 cm³/mol. The molecule has 1 aromatic heterocycles. The van der Waals surface area contributed by atoms with Crippen molar-refractivity contribution in [3.8, 4) is 0 Å². The highest BCUT2D eigenvalue weighted by molar-refractivity contribution is 7.08. The third-order valence-electron chi connectivity index (χ3n) is 2.32. The zero-order valence-electron chi connectivity index (χ0n) is 9.93. The van der Waals surface area contributed by atoms with E-state index in [9.17, 15) is 9.59 Å². The number of nitrogens with one attached hydrogen (secondary N) is 1. The Morgan fingerprint density at radius 1 is 1.47 bits per heavy atom. The molecule has 0 saturated carbocycles. The molecule has 17 heavy (non-hydrogen) atoms. The molecular weight excluding hydrogens is 242 g/mol. The van der Waals surface area contributed by atoms with Crippen LogP contribution >= 0.6 is 11.5 Å². The Kier molecular flexibility index (Phi) is 4.56. The molecule has 0 radical (unpaired) electrons. The highest BCUT2D eigenvalue weighted by Gasteiger charge is 2.25. The minimum atomic E-state index is -1.04. The number of hydrogen-bond donors (Lipinski definition) is 2. The second-order valence-electron chi connectivity index (χ2n) is 3.94. The van der Waals surface area contributed by atoms with Gasteiger partial charge in [0.15, 0.2) is 0 Å². The number of amides is 1. The van der Waals surface area contributed by atoms with Gasteiger partial charge in [-0.1, -0.05) is 25.3 Å². The first kappa shape index (κ1) is 13.6. The van der Waals surface area contributed by atoms with E-state index in [4.69, 9.17) is 5.11 Å². The van der Waals surface area contributed by atoms with Gasteiger partial charge in [-0.05, 0) is 23.9 Å². The molecule has 7 heteroatoms. The van der Waals surface area contributed by atoms with Gasteiger partial charge in [-0.3, -0.25) is 4.79 Å². The van der Waals surface area contributed by atoms with Crippen LogP contribution in [-0.2, 0) is 11.2 Å². The van der Waals surface area contributed by atoms with Crippen LogP contribution in [0.5, 0.6) is 0 Å². The zero-order chi connectivity index (χ0) is 13.0. The van der Waals surface area contributed by atoms with Crippen LogP contribution in [0, 0.1) is 5.92 Å². The average Bonchev–Trinajstić information content (AvgIpc) is 2.72. The molecule has 0 aromatic carbocycles. The summed E-state index contributed by atoms with van der Waals surface area (Å²) in [6.45, 7) is 5.35. The molecule has 2 N–H and O–H groups in total. The Morgan fingerprint density at radius 2 is 2.12 bits per heavy atom. The quantitative estimate of drug-likeness (QED) is 0.819. The molecule has 1 heterocycles. The molecule has 1 atom stereocenters. The van der Waals surface area contributed by atoms with Gasteiger partial charge in [-0.25, -0.2) is 4.79 Å². The van der Waals surface area contributed by atoms with Crippen LogP contribution < -0.4 is 5.32 Å². The number of carboxylic acids is 1. The van der Waals surface area contributed by atoms with Crippen molar-refractivity contribution in [2.45, 2.75) is 33.2 Å². The first-order valence-corrected chi connectivity index (χ1v) is 6.09. The molecule has 0 aliphatic rings. The molecule has 1 amide bonds. The molecule has 0 bridgehead atoms. The van der Waals surface area contributed by atoms with E-state index in [1.807, 2.05) is 6.92 Å². The van der Waals surface area contributed by atoms with Crippen LogP contribution in [0.3, 0.4) is 0 Å². The Morgan fingerprint density at radius 3 is 2.59 bits per heavy atom. The van der Waals surface area contributed by atoms with E-state index < -0.39 is 17.9 Å². The van der Waals surface area contributed by atoms with E-state index in [0.717, 1.165) is 11.5 Å². The molecule has 0 fully saturated rings.